The zero-order valence-electron chi connectivity index (χ0n) is 14.6. The molecule has 0 aromatic rings. The Kier molecular flexibility index (Phi) is 11.0. The zero-order chi connectivity index (χ0) is 25.8. The lowest BCUT2D eigenvalue weighted by Gasteiger charge is -2.24. The van der Waals surface area contributed by atoms with E-state index in [0.29, 0.717) is 0 Å². The predicted molar refractivity (Wildman–Crippen MR) is 64.5 cm³/mol. The summed E-state index contributed by atoms with van der Waals surface area (Å²) < 4.78 is 204. The van der Waals surface area contributed by atoms with Gasteiger partial charge in [0.05, 0.1) is 0 Å². The third-order valence-electron chi connectivity index (χ3n) is 2.64. The first-order valence-electron chi connectivity index (χ1n) is 6.86. The lowest BCUT2D eigenvalue weighted by molar-refractivity contribution is -0.349. The highest BCUT2D eigenvalue weighted by molar-refractivity contribution is 4.87. The maximum Gasteiger partial charge on any atom is 0.459 e. The molecule has 0 saturated heterocycles. The Hall–Kier alpha value is -1.26. The summed E-state index contributed by atoms with van der Waals surface area (Å²) in [6.07, 6.45) is -21.8. The Morgan fingerprint density at radius 2 is 0.867 bits per heavy atom. The lowest BCUT2D eigenvalue weighted by Crippen LogP contribution is -2.50. The van der Waals surface area contributed by atoms with Crippen molar-refractivity contribution in [3.63, 3.8) is 0 Å². The lowest BCUT2D eigenvalue weighted by atomic mass is 10.2. The first kappa shape index (κ1) is 33.4. The highest BCUT2D eigenvalue weighted by Gasteiger charge is 2.70. The van der Waals surface area contributed by atoms with E-state index < -0.39 is 61.7 Å². The van der Waals surface area contributed by atoms with Gasteiger partial charge in [0.2, 0.25) is 0 Å². The molecule has 0 saturated carbocycles. The molecule has 0 aromatic carbocycles. The molecule has 0 fully saturated rings. The first-order chi connectivity index (χ1) is 12.5. The summed E-state index contributed by atoms with van der Waals surface area (Å²) >= 11 is 0. The molecule has 30 heavy (non-hydrogen) atoms. The molecule has 186 valence electrons. The van der Waals surface area contributed by atoms with Gasteiger partial charge in [0.25, 0.3) is 0 Å². The molecule has 1 unspecified atom stereocenters. The Morgan fingerprint density at radius 3 is 0.867 bits per heavy atom. The molecule has 0 aliphatic carbocycles. The fraction of sp³-hybridized carbons (Fsp3) is 1.00. The molecule has 0 rings (SSSR count). The van der Waals surface area contributed by atoms with Crippen LogP contribution in [0.4, 0.5) is 79.0 Å². The van der Waals surface area contributed by atoms with Crippen LogP contribution < -0.4 is 0 Å². The fourth-order valence-corrected chi connectivity index (χ4v) is 0.675. The summed E-state index contributed by atoms with van der Waals surface area (Å²) in [5.41, 5.74) is 0. The Bertz CT molecular complexity index is 469. The molecule has 1 atom stereocenters. The summed E-state index contributed by atoms with van der Waals surface area (Å²) in [6, 6.07) is 0. The van der Waals surface area contributed by atoms with Crippen LogP contribution in [0.15, 0.2) is 0 Å². The normalized spacial score (nSPS) is 15.5. The van der Waals surface area contributed by atoms with Crippen LogP contribution in [0.1, 0.15) is 27.2 Å². The van der Waals surface area contributed by atoms with Gasteiger partial charge in [-0.1, -0.05) is 6.92 Å². The van der Waals surface area contributed by atoms with Gasteiger partial charge in [-0.3, -0.25) is 0 Å². The van der Waals surface area contributed by atoms with E-state index in [1.54, 1.807) is 0 Å². The SMILES string of the molecule is CC(F)(F)C(F)(F)C(F)(F)F.CC(F)C(F)(F)C(F)(F)F.CCC(F)(F)C(F)(F)F. The van der Waals surface area contributed by atoms with Crippen LogP contribution in [0, 0.1) is 0 Å². The topological polar surface area (TPSA) is 0 Å². The highest BCUT2D eigenvalue weighted by Crippen LogP contribution is 2.46. The largest absolute Gasteiger partial charge is 0.459 e. The maximum atomic E-state index is 11.6. The highest BCUT2D eigenvalue weighted by atomic mass is 19.4. The van der Waals surface area contributed by atoms with E-state index in [9.17, 15) is 79.0 Å². The van der Waals surface area contributed by atoms with E-state index in [4.69, 9.17) is 0 Å². The molecule has 0 N–H and O–H groups in total. The molecule has 0 aromatic heterocycles. The molecule has 0 amide bonds. The summed E-state index contributed by atoms with van der Waals surface area (Å²) in [7, 11) is 0. The van der Waals surface area contributed by atoms with Crippen LogP contribution in [0.3, 0.4) is 0 Å². The van der Waals surface area contributed by atoms with E-state index in [2.05, 4.69) is 0 Å². The monoisotopic (exact) mass is 498 g/mol. The quantitative estimate of drug-likeness (QED) is 0.347. The summed E-state index contributed by atoms with van der Waals surface area (Å²) in [4.78, 5) is 0. The second-order valence-corrected chi connectivity index (χ2v) is 5.25. The van der Waals surface area contributed by atoms with Crippen molar-refractivity contribution in [1.82, 2.24) is 0 Å². The minimum atomic E-state index is -6.20. The Labute approximate surface area is 156 Å². The van der Waals surface area contributed by atoms with Gasteiger partial charge < -0.3 is 0 Å². The van der Waals surface area contributed by atoms with E-state index in [0.717, 1.165) is 6.92 Å². The smallest absolute Gasteiger partial charge is 0.241 e. The molecule has 18 heteroatoms. The van der Waals surface area contributed by atoms with Crippen LogP contribution in [0.2, 0.25) is 0 Å². The van der Waals surface area contributed by atoms with Gasteiger partial charge in [0, 0.05) is 13.3 Å². The van der Waals surface area contributed by atoms with E-state index >= 15 is 0 Å². The van der Waals surface area contributed by atoms with Gasteiger partial charge in [-0.15, -0.1) is 0 Å². The van der Waals surface area contributed by atoms with Crippen molar-refractivity contribution >= 4 is 0 Å². The molecular weight excluding hydrogens is 486 g/mol. The van der Waals surface area contributed by atoms with Crippen LogP contribution in [-0.4, -0.2) is 48.4 Å². The van der Waals surface area contributed by atoms with Crippen molar-refractivity contribution in [3.8, 4) is 0 Å². The molecule has 0 bridgehead atoms. The zero-order valence-corrected chi connectivity index (χ0v) is 14.6. The van der Waals surface area contributed by atoms with Gasteiger partial charge in [-0.25, -0.2) is 4.39 Å². The molecule has 0 aliphatic rings. The summed E-state index contributed by atoms with van der Waals surface area (Å²) in [5.74, 6) is -20.8. The molecule has 0 spiro atoms. The van der Waals surface area contributed by atoms with Crippen LogP contribution >= 0.6 is 0 Å². The minimum absolute atomic E-state index is 0.160. The molecule has 0 radical (unpaired) electrons. The third-order valence-corrected chi connectivity index (χ3v) is 2.64. The standard InChI is InChI=1S/C4H3F7.C4H4F6.C4H5F5/c1-2(5,6)3(7,8)4(9,10)11;1-2(5)3(6,7)4(8,9)10;1-2-3(5,6)4(7,8)9/h1H3;2H,1H3;2H2,1H3. The van der Waals surface area contributed by atoms with Crippen LogP contribution in [0.5, 0.6) is 0 Å². The maximum absolute atomic E-state index is 11.6. The average molecular weight is 498 g/mol. The van der Waals surface area contributed by atoms with Gasteiger partial charge >= 0.3 is 42.2 Å². The minimum Gasteiger partial charge on any atom is -0.241 e. The Balaban J connectivity index is -0.000000366. The van der Waals surface area contributed by atoms with E-state index in [1.807, 2.05) is 0 Å². The van der Waals surface area contributed by atoms with Crippen LogP contribution in [0.25, 0.3) is 0 Å². The van der Waals surface area contributed by atoms with Crippen molar-refractivity contribution in [1.29, 1.82) is 0 Å². The molecule has 0 nitrogen and oxygen atoms in total. The van der Waals surface area contributed by atoms with Gasteiger partial charge in [0.15, 0.2) is 6.17 Å². The summed E-state index contributed by atoms with van der Waals surface area (Å²) in [6.45, 7) is 0.460. The van der Waals surface area contributed by atoms with Crippen molar-refractivity contribution < 1.29 is 79.0 Å². The average Bonchev–Trinajstić information content (AvgIpc) is 2.43. The van der Waals surface area contributed by atoms with Gasteiger partial charge in [0.1, 0.15) is 0 Å². The fourth-order valence-electron chi connectivity index (χ4n) is 0.675. The Morgan fingerprint density at radius 1 is 0.567 bits per heavy atom. The van der Waals surface area contributed by atoms with Gasteiger partial charge in [-0.2, -0.15) is 74.6 Å². The number of hydrogen-bond donors (Lipinski definition) is 0. The van der Waals surface area contributed by atoms with Crippen molar-refractivity contribution in [2.45, 2.75) is 75.6 Å². The van der Waals surface area contributed by atoms with Gasteiger partial charge in [-0.05, 0) is 6.92 Å². The molecular formula is C12H12F18. The number of halogens is 18. The van der Waals surface area contributed by atoms with E-state index in [-0.39, 0.29) is 6.92 Å². The molecule has 0 aliphatic heterocycles. The second kappa shape index (κ2) is 9.91. The van der Waals surface area contributed by atoms with Crippen molar-refractivity contribution in [3.05, 3.63) is 0 Å². The number of rotatable bonds is 3. The first-order valence-corrected chi connectivity index (χ1v) is 6.86. The van der Waals surface area contributed by atoms with Crippen LogP contribution in [-0.2, 0) is 0 Å². The third kappa shape index (κ3) is 9.26. The second-order valence-electron chi connectivity index (χ2n) is 5.25. The van der Waals surface area contributed by atoms with E-state index in [1.165, 1.54) is 0 Å². The van der Waals surface area contributed by atoms with Crippen molar-refractivity contribution in [2.24, 2.45) is 0 Å². The van der Waals surface area contributed by atoms with Crippen molar-refractivity contribution in [2.75, 3.05) is 0 Å². The number of alkyl halides is 18. The molecule has 0 heterocycles. The number of hydrogen-bond acceptors (Lipinski definition) is 0. The predicted octanol–water partition coefficient (Wildman–Crippen LogP) is 7.98. The summed E-state index contributed by atoms with van der Waals surface area (Å²) in [5, 5.41) is 0.